The zero-order valence-corrected chi connectivity index (χ0v) is 21.1. The molecule has 2 N–H and O–H groups in total. The smallest absolute Gasteiger partial charge is 0.261 e. The highest BCUT2D eigenvalue weighted by Crippen LogP contribution is 2.23. The molecule has 4 rings (SSSR count). The fourth-order valence-electron chi connectivity index (χ4n) is 4.53. The van der Waals surface area contributed by atoms with Crippen molar-refractivity contribution in [1.29, 1.82) is 0 Å². The number of likely N-dealkylation sites (tertiary alicyclic amines) is 1. The van der Waals surface area contributed by atoms with Gasteiger partial charge in [-0.2, -0.15) is 0 Å². The Balaban J connectivity index is 1.40. The Morgan fingerprint density at radius 2 is 1.89 bits per heavy atom. The number of benzene rings is 2. The lowest BCUT2D eigenvalue weighted by Crippen LogP contribution is -2.46. The molecule has 2 saturated heterocycles. The highest BCUT2D eigenvalue weighted by atomic mass is 32.2. The first-order valence-corrected chi connectivity index (χ1v) is 13.6. The number of carbonyl (C=O) groups excluding carboxylic acids is 2. The Morgan fingerprint density at radius 1 is 1.06 bits per heavy atom. The molecular weight excluding hydrogens is 466 g/mol. The van der Waals surface area contributed by atoms with Crippen molar-refractivity contribution in [3.8, 4) is 0 Å². The first-order chi connectivity index (χ1) is 16.7. The van der Waals surface area contributed by atoms with Crippen molar-refractivity contribution in [2.24, 2.45) is 5.92 Å². The lowest BCUT2D eigenvalue weighted by atomic mass is 9.96. The standard InChI is InChI=1S/C26H33N3O5S/c1-18-10-11-24(14-19(18)2)35(32,33)28-22-8-3-6-20(15-22)26(31)29-12-4-7-21(17-29)25(30)27-16-23-9-5-13-34-23/h3,6,8,10-11,14-15,21,23,28H,4-5,7,9,12-13,16-17H2,1-2H3,(H,27,30)/t21-,23-/m0/s1. The molecule has 0 aromatic heterocycles. The quantitative estimate of drug-likeness (QED) is 0.609. The van der Waals surface area contributed by atoms with Gasteiger partial charge in [-0.05, 0) is 81.0 Å². The van der Waals surface area contributed by atoms with Gasteiger partial charge in [-0.25, -0.2) is 8.42 Å². The Bertz CT molecular complexity index is 1190. The monoisotopic (exact) mass is 499 g/mol. The predicted molar refractivity (Wildman–Crippen MR) is 134 cm³/mol. The molecule has 2 fully saturated rings. The van der Waals surface area contributed by atoms with E-state index in [0.717, 1.165) is 43.4 Å². The minimum Gasteiger partial charge on any atom is -0.376 e. The number of nitrogens with one attached hydrogen (secondary N) is 2. The van der Waals surface area contributed by atoms with Crippen molar-refractivity contribution < 1.29 is 22.7 Å². The van der Waals surface area contributed by atoms with Crippen molar-refractivity contribution in [2.45, 2.75) is 50.5 Å². The summed E-state index contributed by atoms with van der Waals surface area (Å²) in [6, 6.07) is 11.4. The molecule has 9 heteroatoms. The number of amides is 2. The lowest BCUT2D eigenvalue weighted by Gasteiger charge is -2.32. The number of sulfonamides is 1. The Kier molecular flexibility index (Phi) is 7.76. The average Bonchev–Trinajstić information content (AvgIpc) is 3.37. The number of nitrogens with zero attached hydrogens (tertiary/aromatic N) is 1. The van der Waals surface area contributed by atoms with Crippen molar-refractivity contribution in [3.05, 3.63) is 59.2 Å². The summed E-state index contributed by atoms with van der Waals surface area (Å²) in [6.45, 7) is 5.94. The number of aryl methyl sites for hydroxylation is 2. The van der Waals surface area contributed by atoms with Crippen LogP contribution in [0.2, 0.25) is 0 Å². The Morgan fingerprint density at radius 3 is 2.63 bits per heavy atom. The summed E-state index contributed by atoms with van der Waals surface area (Å²) in [6.07, 6.45) is 3.53. The molecule has 2 aliphatic heterocycles. The number of hydrogen-bond acceptors (Lipinski definition) is 5. The van der Waals surface area contributed by atoms with Crippen LogP contribution in [0.4, 0.5) is 5.69 Å². The molecule has 2 aromatic carbocycles. The van der Waals surface area contributed by atoms with E-state index in [4.69, 9.17) is 4.74 Å². The van der Waals surface area contributed by atoms with Crippen molar-refractivity contribution in [2.75, 3.05) is 31.0 Å². The predicted octanol–water partition coefficient (Wildman–Crippen LogP) is 3.25. The molecule has 0 unspecified atom stereocenters. The van der Waals surface area contributed by atoms with Crippen LogP contribution in [0.15, 0.2) is 47.4 Å². The first-order valence-electron chi connectivity index (χ1n) is 12.1. The molecule has 0 aliphatic carbocycles. The molecule has 0 saturated carbocycles. The van der Waals surface area contributed by atoms with Crippen LogP contribution in [0.5, 0.6) is 0 Å². The maximum Gasteiger partial charge on any atom is 0.261 e. The zero-order valence-electron chi connectivity index (χ0n) is 20.2. The average molecular weight is 500 g/mol. The molecule has 0 spiro atoms. The third-order valence-corrected chi connectivity index (χ3v) is 8.14. The molecule has 2 amide bonds. The number of ether oxygens (including phenoxy) is 1. The van der Waals surface area contributed by atoms with Gasteiger partial charge in [-0.1, -0.05) is 12.1 Å². The van der Waals surface area contributed by atoms with Gasteiger partial charge in [0.25, 0.3) is 15.9 Å². The summed E-state index contributed by atoms with van der Waals surface area (Å²) in [5, 5.41) is 2.97. The molecule has 35 heavy (non-hydrogen) atoms. The minimum absolute atomic E-state index is 0.0482. The van der Waals surface area contributed by atoms with Gasteiger partial charge in [0.05, 0.1) is 16.9 Å². The van der Waals surface area contributed by atoms with Crippen LogP contribution in [0.25, 0.3) is 0 Å². The van der Waals surface area contributed by atoms with E-state index < -0.39 is 10.0 Å². The van der Waals surface area contributed by atoms with Crippen LogP contribution in [-0.4, -0.2) is 57.5 Å². The van der Waals surface area contributed by atoms with Gasteiger partial charge in [0.15, 0.2) is 0 Å². The van der Waals surface area contributed by atoms with Gasteiger partial charge < -0.3 is 15.0 Å². The van der Waals surface area contributed by atoms with Crippen LogP contribution in [0.1, 0.15) is 47.2 Å². The topological polar surface area (TPSA) is 105 Å². The molecular formula is C26H33N3O5S. The van der Waals surface area contributed by atoms with Gasteiger partial charge in [-0.3, -0.25) is 14.3 Å². The molecule has 0 bridgehead atoms. The Labute approximate surface area is 207 Å². The molecule has 2 aromatic rings. The van der Waals surface area contributed by atoms with E-state index in [9.17, 15) is 18.0 Å². The molecule has 2 aliphatic rings. The lowest BCUT2D eigenvalue weighted by molar-refractivity contribution is -0.126. The van der Waals surface area contributed by atoms with Crippen molar-refractivity contribution in [3.63, 3.8) is 0 Å². The van der Waals surface area contributed by atoms with Crippen LogP contribution in [0.3, 0.4) is 0 Å². The van der Waals surface area contributed by atoms with E-state index in [1.807, 2.05) is 13.8 Å². The van der Waals surface area contributed by atoms with E-state index in [0.29, 0.717) is 30.9 Å². The molecule has 8 nitrogen and oxygen atoms in total. The largest absolute Gasteiger partial charge is 0.376 e. The summed E-state index contributed by atoms with van der Waals surface area (Å²) in [5.74, 6) is -0.526. The van der Waals surface area contributed by atoms with Crippen LogP contribution in [0, 0.1) is 19.8 Å². The number of carbonyl (C=O) groups is 2. The van der Waals surface area contributed by atoms with E-state index in [1.165, 1.54) is 0 Å². The number of rotatable bonds is 7. The van der Waals surface area contributed by atoms with Crippen molar-refractivity contribution in [1.82, 2.24) is 10.2 Å². The molecule has 188 valence electrons. The summed E-state index contributed by atoms with van der Waals surface area (Å²) < 4.78 is 33.9. The number of anilines is 1. The van der Waals surface area contributed by atoms with Crippen LogP contribution < -0.4 is 10.0 Å². The first kappa shape index (κ1) is 25.2. The van der Waals surface area contributed by atoms with Crippen LogP contribution >= 0.6 is 0 Å². The summed E-state index contributed by atoms with van der Waals surface area (Å²) in [7, 11) is -3.79. The summed E-state index contributed by atoms with van der Waals surface area (Å²) in [4.78, 5) is 27.7. The van der Waals surface area contributed by atoms with Gasteiger partial charge >= 0.3 is 0 Å². The van der Waals surface area contributed by atoms with E-state index in [-0.39, 0.29) is 28.7 Å². The maximum atomic E-state index is 13.2. The second-order valence-corrected chi connectivity index (χ2v) is 11.1. The Hall–Kier alpha value is -2.91. The maximum absolute atomic E-state index is 13.2. The molecule has 2 heterocycles. The second kappa shape index (κ2) is 10.8. The van der Waals surface area contributed by atoms with E-state index >= 15 is 0 Å². The normalized spacial score (nSPS) is 20.5. The minimum atomic E-state index is -3.79. The molecule has 0 radical (unpaired) electrons. The van der Waals surface area contributed by atoms with E-state index in [1.54, 1.807) is 47.4 Å². The highest BCUT2D eigenvalue weighted by molar-refractivity contribution is 7.92. The summed E-state index contributed by atoms with van der Waals surface area (Å²) >= 11 is 0. The van der Waals surface area contributed by atoms with Crippen molar-refractivity contribution >= 4 is 27.5 Å². The zero-order chi connectivity index (χ0) is 25.0. The van der Waals surface area contributed by atoms with Gasteiger partial charge in [0, 0.05) is 37.5 Å². The third-order valence-electron chi connectivity index (χ3n) is 6.76. The highest BCUT2D eigenvalue weighted by Gasteiger charge is 2.30. The van der Waals surface area contributed by atoms with Gasteiger partial charge in [0.2, 0.25) is 5.91 Å². The fourth-order valence-corrected chi connectivity index (χ4v) is 5.67. The van der Waals surface area contributed by atoms with Gasteiger partial charge in [-0.15, -0.1) is 0 Å². The third kappa shape index (κ3) is 6.21. The van der Waals surface area contributed by atoms with E-state index in [2.05, 4.69) is 10.0 Å². The second-order valence-electron chi connectivity index (χ2n) is 9.40. The number of piperidine rings is 1. The van der Waals surface area contributed by atoms with Gasteiger partial charge in [0.1, 0.15) is 0 Å². The van der Waals surface area contributed by atoms with Crippen LogP contribution in [-0.2, 0) is 19.6 Å². The number of hydrogen-bond donors (Lipinski definition) is 2. The SMILES string of the molecule is Cc1ccc(S(=O)(=O)Nc2cccc(C(=O)N3CCC[C@H](C(=O)NC[C@@H]4CCCO4)C3)c2)cc1C. The summed E-state index contributed by atoms with van der Waals surface area (Å²) in [5.41, 5.74) is 2.59. The molecule has 2 atom stereocenters. The fraction of sp³-hybridized carbons (Fsp3) is 0.462.